The van der Waals surface area contributed by atoms with Gasteiger partial charge in [0, 0.05) is 6.20 Å². The molecule has 0 aliphatic carbocycles. The molecular formula is C13H8ClN3O2. The maximum Gasteiger partial charge on any atom is 0.337 e. The maximum atomic E-state index is 10.7. The van der Waals surface area contributed by atoms with Crippen LogP contribution in [0.4, 0.5) is 11.5 Å². The Kier molecular flexibility index (Phi) is 3.64. The first-order valence-corrected chi connectivity index (χ1v) is 5.64. The Hall–Kier alpha value is -2.58. The molecule has 0 radical (unpaired) electrons. The molecule has 0 saturated carbocycles. The van der Waals surface area contributed by atoms with Crippen molar-refractivity contribution in [3.8, 4) is 6.07 Å². The van der Waals surface area contributed by atoms with Gasteiger partial charge in [-0.3, -0.25) is 0 Å². The van der Waals surface area contributed by atoms with Crippen molar-refractivity contribution < 1.29 is 9.90 Å². The van der Waals surface area contributed by atoms with E-state index in [9.17, 15) is 4.79 Å². The van der Waals surface area contributed by atoms with Crippen molar-refractivity contribution in [3.63, 3.8) is 0 Å². The number of benzene rings is 1. The Bertz CT molecular complexity index is 663. The summed E-state index contributed by atoms with van der Waals surface area (Å²) in [6.07, 6.45) is 1.25. The first-order valence-electron chi connectivity index (χ1n) is 5.26. The fraction of sp³-hybridized carbons (Fsp3) is 0. The molecule has 1 aromatic heterocycles. The standard InChI is InChI=1S/C13H8ClN3O2/c14-10-5-8(6-15)1-3-11(10)17-12-4-2-9(7-16-12)13(18)19/h1-5,7H,(H,16,17)(H,18,19). The highest BCUT2D eigenvalue weighted by atomic mass is 35.5. The monoisotopic (exact) mass is 273 g/mol. The zero-order chi connectivity index (χ0) is 13.8. The van der Waals surface area contributed by atoms with Gasteiger partial charge in [0.15, 0.2) is 0 Å². The van der Waals surface area contributed by atoms with Crippen molar-refractivity contribution in [1.82, 2.24) is 4.98 Å². The molecule has 0 bridgehead atoms. The summed E-state index contributed by atoms with van der Waals surface area (Å²) in [6.45, 7) is 0. The average molecular weight is 274 g/mol. The number of aromatic carboxylic acids is 1. The Balaban J connectivity index is 2.22. The Morgan fingerprint density at radius 2 is 2.16 bits per heavy atom. The molecule has 0 fully saturated rings. The number of nitrogens with one attached hydrogen (secondary N) is 1. The molecule has 94 valence electrons. The normalized spacial score (nSPS) is 9.68. The summed E-state index contributed by atoms with van der Waals surface area (Å²) in [5.74, 6) is -0.563. The van der Waals surface area contributed by atoms with Gasteiger partial charge in [-0.1, -0.05) is 11.6 Å². The minimum absolute atomic E-state index is 0.108. The molecule has 1 heterocycles. The molecule has 1 aromatic carbocycles. The lowest BCUT2D eigenvalue weighted by molar-refractivity contribution is 0.0696. The number of carbonyl (C=O) groups is 1. The zero-order valence-corrected chi connectivity index (χ0v) is 10.3. The summed E-state index contributed by atoms with van der Waals surface area (Å²) < 4.78 is 0. The fourth-order valence-electron chi connectivity index (χ4n) is 1.42. The van der Waals surface area contributed by atoms with Gasteiger partial charge in [0.05, 0.1) is 27.9 Å². The lowest BCUT2D eigenvalue weighted by atomic mass is 10.2. The van der Waals surface area contributed by atoms with Crippen molar-refractivity contribution >= 4 is 29.1 Å². The molecule has 0 aliphatic heterocycles. The molecule has 0 amide bonds. The van der Waals surface area contributed by atoms with Crippen LogP contribution in [0.15, 0.2) is 36.5 Å². The molecule has 2 rings (SSSR count). The summed E-state index contributed by atoms with van der Waals surface area (Å²) in [6, 6.07) is 9.79. The van der Waals surface area contributed by atoms with Crippen molar-refractivity contribution in [2.75, 3.05) is 5.32 Å². The largest absolute Gasteiger partial charge is 0.478 e. The number of halogens is 1. The molecule has 0 unspecified atom stereocenters. The van der Waals surface area contributed by atoms with Gasteiger partial charge in [0.2, 0.25) is 0 Å². The Labute approximate surface area is 114 Å². The number of pyridine rings is 1. The highest BCUT2D eigenvalue weighted by molar-refractivity contribution is 6.33. The summed E-state index contributed by atoms with van der Waals surface area (Å²) >= 11 is 6.00. The van der Waals surface area contributed by atoms with E-state index in [1.807, 2.05) is 6.07 Å². The van der Waals surface area contributed by atoms with Gasteiger partial charge in [-0.2, -0.15) is 5.26 Å². The van der Waals surface area contributed by atoms with Gasteiger partial charge in [-0.15, -0.1) is 0 Å². The second-order valence-corrected chi connectivity index (χ2v) is 4.08. The van der Waals surface area contributed by atoms with Crippen LogP contribution in [0, 0.1) is 11.3 Å². The molecule has 0 spiro atoms. The van der Waals surface area contributed by atoms with Crippen LogP contribution >= 0.6 is 11.6 Å². The molecule has 0 aliphatic rings. The molecule has 6 heteroatoms. The van der Waals surface area contributed by atoms with E-state index in [0.717, 1.165) is 0 Å². The number of hydrogen-bond donors (Lipinski definition) is 2. The number of nitriles is 1. The number of aromatic nitrogens is 1. The molecule has 19 heavy (non-hydrogen) atoms. The van der Waals surface area contributed by atoms with Gasteiger partial charge < -0.3 is 10.4 Å². The van der Waals surface area contributed by atoms with Crippen LogP contribution in [0.1, 0.15) is 15.9 Å². The van der Waals surface area contributed by atoms with Crippen LogP contribution in [0.5, 0.6) is 0 Å². The van der Waals surface area contributed by atoms with Gasteiger partial charge >= 0.3 is 5.97 Å². The zero-order valence-electron chi connectivity index (χ0n) is 9.59. The second-order valence-electron chi connectivity index (χ2n) is 3.67. The van der Waals surface area contributed by atoms with Gasteiger partial charge in [-0.25, -0.2) is 9.78 Å². The Morgan fingerprint density at radius 3 is 2.68 bits per heavy atom. The SMILES string of the molecule is N#Cc1ccc(Nc2ccc(C(=O)O)cn2)c(Cl)c1. The number of carboxylic acids is 1. The fourth-order valence-corrected chi connectivity index (χ4v) is 1.65. The van der Waals surface area contributed by atoms with E-state index >= 15 is 0 Å². The average Bonchev–Trinajstić information content (AvgIpc) is 2.41. The van der Waals surface area contributed by atoms with E-state index in [1.54, 1.807) is 12.1 Å². The van der Waals surface area contributed by atoms with E-state index in [0.29, 0.717) is 22.1 Å². The number of carboxylic acid groups (broad SMARTS) is 1. The summed E-state index contributed by atoms with van der Waals surface area (Å²) in [4.78, 5) is 14.6. The van der Waals surface area contributed by atoms with Crippen LogP contribution in [-0.4, -0.2) is 16.1 Å². The highest BCUT2D eigenvalue weighted by Gasteiger charge is 2.05. The summed E-state index contributed by atoms with van der Waals surface area (Å²) in [5.41, 5.74) is 1.16. The van der Waals surface area contributed by atoms with Gasteiger partial charge in [0.1, 0.15) is 5.82 Å². The molecule has 0 atom stereocenters. The third-order valence-corrected chi connectivity index (χ3v) is 2.68. The van der Waals surface area contributed by atoms with Crippen molar-refractivity contribution in [2.45, 2.75) is 0 Å². The number of nitrogens with zero attached hydrogens (tertiary/aromatic N) is 2. The van der Waals surface area contributed by atoms with Crippen LogP contribution in [0.25, 0.3) is 0 Å². The number of anilines is 2. The topological polar surface area (TPSA) is 86.0 Å². The second kappa shape index (κ2) is 5.38. The third kappa shape index (κ3) is 3.00. The maximum absolute atomic E-state index is 10.7. The van der Waals surface area contributed by atoms with Crippen molar-refractivity contribution in [1.29, 1.82) is 5.26 Å². The first-order chi connectivity index (χ1) is 9.10. The van der Waals surface area contributed by atoms with Crippen LogP contribution in [-0.2, 0) is 0 Å². The van der Waals surface area contributed by atoms with E-state index in [4.69, 9.17) is 22.0 Å². The smallest absolute Gasteiger partial charge is 0.337 e. The van der Waals surface area contributed by atoms with Crippen molar-refractivity contribution in [3.05, 3.63) is 52.7 Å². The molecular weight excluding hydrogens is 266 g/mol. The Morgan fingerprint density at radius 1 is 1.37 bits per heavy atom. The molecule has 2 aromatic rings. The van der Waals surface area contributed by atoms with Gasteiger partial charge in [0.25, 0.3) is 0 Å². The predicted octanol–water partition coefficient (Wildman–Crippen LogP) is 3.05. The molecule has 5 nitrogen and oxygen atoms in total. The van der Waals surface area contributed by atoms with E-state index in [1.165, 1.54) is 24.4 Å². The summed E-state index contributed by atoms with van der Waals surface area (Å²) in [7, 11) is 0. The summed E-state index contributed by atoms with van der Waals surface area (Å²) in [5, 5.41) is 20.8. The lowest BCUT2D eigenvalue weighted by Crippen LogP contribution is -1.99. The van der Waals surface area contributed by atoms with Crippen LogP contribution in [0.3, 0.4) is 0 Å². The van der Waals surface area contributed by atoms with Crippen molar-refractivity contribution in [2.24, 2.45) is 0 Å². The van der Waals surface area contributed by atoms with E-state index in [2.05, 4.69) is 10.3 Å². The molecule has 0 saturated heterocycles. The van der Waals surface area contributed by atoms with E-state index < -0.39 is 5.97 Å². The lowest BCUT2D eigenvalue weighted by Gasteiger charge is -2.07. The minimum Gasteiger partial charge on any atom is -0.478 e. The van der Waals surface area contributed by atoms with Gasteiger partial charge in [-0.05, 0) is 30.3 Å². The van der Waals surface area contributed by atoms with E-state index in [-0.39, 0.29) is 5.56 Å². The quantitative estimate of drug-likeness (QED) is 0.897. The number of rotatable bonds is 3. The third-order valence-electron chi connectivity index (χ3n) is 2.37. The van der Waals surface area contributed by atoms with Crippen LogP contribution < -0.4 is 5.32 Å². The minimum atomic E-state index is -1.03. The highest BCUT2D eigenvalue weighted by Crippen LogP contribution is 2.25. The predicted molar refractivity (Wildman–Crippen MR) is 70.6 cm³/mol. The molecule has 2 N–H and O–H groups in total. The van der Waals surface area contributed by atoms with Crippen LogP contribution in [0.2, 0.25) is 5.02 Å². The number of hydrogen-bond acceptors (Lipinski definition) is 4. The first kappa shape index (κ1) is 12.9.